The van der Waals surface area contributed by atoms with Crippen molar-refractivity contribution in [3.05, 3.63) is 36.5 Å². The molecule has 1 aromatic carbocycles. The Balaban J connectivity index is 0.00000338. The minimum atomic E-state index is -0.180. The van der Waals surface area contributed by atoms with Gasteiger partial charge in [-0.15, -0.1) is 17.5 Å². The summed E-state index contributed by atoms with van der Waals surface area (Å²) in [5.74, 6) is 5.84. The standard InChI is InChI=1S/C19H27N5O.ClH/c1-2-3-4-5-6-7-11-14-18(25)24(20)19-22-17(15-21-23-19)16-12-9-8-10-13-16;/h8-10,12-13,15H,2-7,11,14,20H2,1H3;1H. The molecule has 1 heterocycles. The van der Waals surface area contributed by atoms with Crippen molar-refractivity contribution < 1.29 is 4.79 Å². The normalized spacial score (nSPS) is 10.2. The second-order valence-electron chi connectivity index (χ2n) is 6.14. The fourth-order valence-electron chi connectivity index (χ4n) is 2.61. The fourth-order valence-corrected chi connectivity index (χ4v) is 2.61. The number of hydrogen-bond acceptors (Lipinski definition) is 5. The number of carbonyl (C=O) groups is 1. The molecule has 0 aliphatic rings. The summed E-state index contributed by atoms with van der Waals surface area (Å²) < 4.78 is 0. The van der Waals surface area contributed by atoms with Crippen LogP contribution in [-0.4, -0.2) is 21.1 Å². The summed E-state index contributed by atoms with van der Waals surface area (Å²) >= 11 is 0. The number of nitrogens with zero attached hydrogens (tertiary/aromatic N) is 4. The Morgan fingerprint density at radius 3 is 2.38 bits per heavy atom. The first kappa shape index (κ1) is 22.0. The molecule has 0 aliphatic heterocycles. The molecular weight excluding hydrogens is 350 g/mol. The number of aromatic nitrogens is 3. The highest BCUT2D eigenvalue weighted by Gasteiger charge is 2.15. The Labute approximate surface area is 161 Å². The molecule has 0 saturated heterocycles. The van der Waals surface area contributed by atoms with Crippen LogP contribution >= 0.6 is 12.4 Å². The van der Waals surface area contributed by atoms with Crippen LogP contribution in [0.1, 0.15) is 58.3 Å². The number of anilines is 1. The maximum atomic E-state index is 12.2. The lowest BCUT2D eigenvalue weighted by Gasteiger charge is -2.14. The van der Waals surface area contributed by atoms with Gasteiger partial charge in [0.2, 0.25) is 5.91 Å². The van der Waals surface area contributed by atoms with Crippen molar-refractivity contribution in [2.45, 2.75) is 58.3 Å². The highest BCUT2D eigenvalue weighted by atomic mass is 35.5. The predicted molar refractivity (Wildman–Crippen MR) is 107 cm³/mol. The van der Waals surface area contributed by atoms with Gasteiger partial charge in [-0.3, -0.25) is 4.79 Å². The summed E-state index contributed by atoms with van der Waals surface area (Å²) in [7, 11) is 0. The van der Waals surface area contributed by atoms with E-state index >= 15 is 0 Å². The zero-order valence-corrected chi connectivity index (χ0v) is 16.1. The zero-order valence-electron chi connectivity index (χ0n) is 15.3. The van der Waals surface area contributed by atoms with Gasteiger partial charge in [0.1, 0.15) is 0 Å². The summed E-state index contributed by atoms with van der Waals surface area (Å²) in [4.78, 5) is 16.6. The minimum Gasteiger partial charge on any atom is -0.273 e. The first-order valence-electron chi connectivity index (χ1n) is 9.05. The number of unbranched alkanes of at least 4 members (excludes halogenated alkanes) is 6. The first-order valence-corrected chi connectivity index (χ1v) is 9.05. The van der Waals surface area contributed by atoms with Gasteiger partial charge in [0.15, 0.2) is 0 Å². The van der Waals surface area contributed by atoms with Gasteiger partial charge in [-0.1, -0.05) is 75.8 Å². The fraction of sp³-hybridized carbons (Fsp3) is 0.474. The smallest absolute Gasteiger partial charge is 0.267 e. The van der Waals surface area contributed by atoms with Crippen molar-refractivity contribution in [3.8, 4) is 11.3 Å². The average Bonchev–Trinajstić information content (AvgIpc) is 2.67. The molecule has 7 heteroatoms. The van der Waals surface area contributed by atoms with E-state index < -0.39 is 0 Å². The van der Waals surface area contributed by atoms with E-state index in [2.05, 4.69) is 22.1 Å². The van der Waals surface area contributed by atoms with Crippen molar-refractivity contribution in [1.29, 1.82) is 0 Å². The lowest BCUT2D eigenvalue weighted by Crippen LogP contribution is -2.38. The number of hydrogen-bond donors (Lipinski definition) is 1. The summed E-state index contributed by atoms with van der Waals surface area (Å²) in [6.07, 6.45) is 10.1. The number of nitrogens with two attached hydrogens (primary N) is 1. The molecule has 6 nitrogen and oxygen atoms in total. The van der Waals surface area contributed by atoms with Crippen LogP contribution in [0.2, 0.25) is 0 Å². The molecule has 0 unspecified atom stereocenters. The summed E-state index contributed by atoms with van der Waals surface area (Å²) in [6.45, 7) is 2.21. The van der Waals surface area contributed by atoms with Crippen LogP contribution in [0.25, 0.3) is 11.3 Å². The largest absolute Gasteiger partial charge is 0.273 e. The van der Waals surface area contributed by atoms with Crippen molar-refractivity contribution >= 4 is 24.3 Å². The summed E-state index contributed by atoms with van der Waals surface area (Å²) in [5.41, 5.74) is 1.55. The number of carbonyl (C=O) groups excluding carboxylic acids is 1. The Kier molecular flexibility index (Phi) is 10.4. The van der Waals surface area contributed by atoms with Gasteiger partial charge in [-0.25, -0.2) is 15.8 Å². The Bertz CT molecular complexity index is 653. The van der Waals surface area contributed by atoms with E-state index in [9.17, 15) is 4.79 Å². The molecule has 2 rings (SSSR count). The Morgan fingerprint density at radius 1 is 1.04 bits per heavy atom. The second kappa shape index (κ2) is 12.3. The highest BCUT2D eigenvalue weighted by Crippen LogP contribution is 2.17. The van der Waals surface area contributed by atoms with Gasteiger partial charge in [0, 0.05) is 12.0 Å². The number of rotatable bonds is 10. The third-order valence-electron chi connectivity index (χ3n) is 4.10. The SMILES string of the molecule is CCCCCCCCCC(=O)N(N)c1nncc(-c2ccccc2)n1.Cl. The topological polar surface area (TPSA) is 85.0 Å². The van der Waals surface area contributed by atoms with Gasteiger partial charge >= 0.3 is 0 Å². The molecule has 0 spiro atoms. The molecule has 1 aromatic heterocycles. The second-order valence-corrected chi connectivity index (χ2v) is 6.14. The molecule has 142 valence electrons. The molecule has 0 bridgehead atoms. The monoisotopic (exact) mass is 377 g/mol. The molecule has 2 N–H and O–H groups in total. The molecule has 0 atom stereocenters. The highest BCUT2D eigenvalue weighted by molar-refractivity contribution is 5.90. The summed E-state index contributed by atoms with van der Waals surface area (Å²) in [6, 6.07) is 9.62. The van der Waals surface area contributed by atoms with E-state index in [0.29, 0.717) is 12.1 Å². The van der Waals surface area contributed by atoms with Gasteiger partial charge in [0.05, 0.1) is 11.9 Å². The van der Waals surface area contributed by atoms with Gasteiger partial charge < -0.3 is 0 Å². The van der Waals surface area contributed by atoms with Crippen molar-refractivity contribution in [2.75, 3.05) is 5.01 Å². The number of benzene rings is 1. The number of hydrazine groups is 1. The molecule has 0 fully saturated rings. The van der Waals surface area contributed by atoms with Gasteiger partial charge in [-0.05, 0) is 6.42 Å². The molecule has 1 amide bonds. The van der Waals surface area contributed by atoms with Gasteiger partial charge in [-0.2, -0.15) is 5.10 Å². The van der Waals surface area contributed by atoms with Crippen LogP contribution in [0, 0.1) is 0 Å². The third kappa shape index (κ3) is 7.06. The van der Waals surface area contributed by atoms with E-state index in [4.69, 9.17) is 5.84 Å². The number of halogens is 1. The van der Waals surface area contributed by atoms with E-state index in [1.54, 1.807) is 6.20 Å². The van der Waals surface area contributed by atoms with Crippen molar-refractivity contribution in [3.63, 3.8) is 0 Å². The predicted octanol–water partition coefficient (Wildman–Crippen LogP) is 4.31. The lowest BCUT2D eigenvalue weighted by molar-refractivity contribution is -0.118. The van der Waals surface area contributed by atoms with Crippen LogP contribution in [0.15, 0.2) is 36.5 Å². The molecule has 0 saturated carbocycles. The average molecular weight is 378 g/mol. The van der Waals surface area contributed by atoms with Crippen LogP contribution in [-0.2, 0) is 4.79 Å². The van der Waals surface area contributed by atoms with Crippen LogP contribution in [0.5, 0.6) is 0 Å². The third-order valence-corrected chi connectivity index (χ3v) is 4.10. The molecule has 0 radical (unpaired) electrons. The van der Waals surface area contributed by atoms with Crippen LogP contribution < -0.4 is 10.9 Å². The first-order chi connectivity index (χ1) is 12.2. The van der Waals surface area contributed by atoms with E-state index in [1.807, 2.05) is 30.3 Å². The number of amides is 1. The zero-order chi connectivity index (χ0) is 17.9. The van der Waals surface area contributed by atoms with E-state index in [-0.39, 0.29) is 24.3 Å². The minimum absolute atomic E-state index is 0. The maximum Gasteiger partial charge on any atom is 0.267 e. The van der Waals surface area contributed by atoms with Crippen molar-refractivity contribution in [1.82, 2.24) is 15.2 Å². The van der Waals surface area contributed by atoms with E-state index in [0.717, 1.165) is 23.4 Å². The molecule has 0 aliphatic carbocycles. The Hall–Kier alpha value is -2.05. The maximum absolute atomic E-state index is 12.2. The Morgan fingerprint density at radius 2 is 1.69 bits per heavy atom. The molecular formula is C19H28ClN5O. The molecule has 2 aromatic rings. The van der Waals surface area contributed by atoms with Crippen LogP contribution in [0.4, 0.5) is 5.95 Å². The van der Waals surface area contributed by atoms with E-state index in [1.165, 1.54) is 32.1 Å². The summed E-state index contributed by atoms with van der Waals surface area (Å²) in [5, 5.41) is 8.81. The van der Waals surface area contributed by atoms with Gasteiger partial charge in [0.25, 0.3) is 5.95 Å². The molecule has 26 heavy (non-hydrogen) atoms. The lowest BCUT2D eigenvalue weighted by atomic mass is 10.1. The quantitative estimate of drug-likeness (QED) is 0.288. The van der Waals surface area contributed by atoms with Crippen LogP contribution in [0.3, 0.4) is 0 Å². The van der Waals surface area contributed by atoms with Crippen molar-refractivity contribution in [2.24, 2.45) is 5.84 Å².